The third-order valence-electron chi connectivity index (χ3n) is 4.14. The van der Waals surface area contributed by atoms with E-state index < -0.39 is 0 Å². The van der Waals surface area contributed by atoms with Crippen molar-refractivity contribution in [1.29, 1.82) is 0 Å². The van der Waals surface area contributed by atoms with Gasteiger partial charge in [0.25, 0.3) is 0 Å². The maximum atomic E-state index is 2.50. The average Bonchev–Trinajstić information content (AvgIpc) is 2.65. The number of hydrogen-bond donors (Lipinski definition) is 0. The van der Waals surface area contributed by atoms with Gasteiger partial charge in [0.1, 0.15) is 0 Å². The molecular weight excluding hydrogens is 204 g/mol. The summed E-state index contributed by atoms with van der Waals surface area (Å²) in [6, 6.07) is 0. The Hall–Kier alpha value is -0.780. The fourth-order valence-electron chi connectivity index (χ4n) is 3.48. The van der Waals surface area contributed by atoms with Crippen LogP contribution < -0.4 is 0 Å². The van der Waals surface area contributed by atoms with Crippen molar-refractivity contribution >= 4 is 0 Å². The first-order valence-electron chi connectivity index (χ1n) is 7.06. The van der Waals surface area contributed by atoms with E-state index in [2.05, 4.69) is 46.8 Å². The monoisotopic (exact) mass is 230 g/mol. The summed E-state index contributed by atoms with van der Waals surface area (Å²) in [5.74, 6) is 2.38. The number of fused-ring (bicyclic) bond motifs is 2. The quantitative estimate of drug-likeness (QED) is 0.605. The van der Waals surface area contributed by atoms with Gasteiger partial charge in [-0.1, -0.05) is 31.6 Å². The van der Waals surface area contributed by atoms with Crippen molar-refractivity contribution in [3.05, 3.63) is 34.4 Å². The van der Waals surface area contributed by atoms with Crippen molar-refractivity contribution in [3.63, 3.8) is 0 Å². The van der Waals surface area contributed by atoms with Crippen LogP contribution in [0.5, 0.6) is 0 Å². The number of hydrogen-bond acceptors (Lipinski definition) is 0. The second-order valence-electron chi connectivity index (χ2n) is 6.37. The van der Waals surface area contributed by atoms with Crippen LogP contribution >= 0.6 is 0 Å². The molecule has 0 aliphatic heterocycles. The Kier molecular flexibility index (Phi) is 3.61. The van der Waals surface area contributed by atoms with E-state index in [1.54, 1.807) is 16.7 Å². The third kappa shape index (κ3) is 2.56. The zero-order valence-electron chi connectivity index (χ0n) is 12.0. The second-order valence-corrected chi connectivity index (χ2v) is 6.37. The van der Waals surface area contributed by atoms with Crippen LogP contribution in [0.25, 0.3) is 0 Å². The van der Waals surface area contributed by atoms with Crippen LogP contribution in [0.3, 0.4) is 0 Å². The zero-order chi connectivity index (χ0) is 12.6. The molecule has 0 N–H and O–H groups in total. The molecule has 94 valence electrons. The van der Waals surface area contributed by atoms with Gasteiger partial charge in [-0.3, -0.25) is 0 Å². The Morgan fingerprint density at radius 1 is 1.18 bits per heavy atom. The van der Waals surface area contributed by atoms with Gasteiger partial charge in [-0.05, 0) is 74.5 Å². The molecular formula is C17H26. The van der Waals surface area contributed by atoms with E-state index in [1.165, 1.54) is 24.8 Å². The molecule has 0 nitrogen and oxygen atoms in total. The fraction of sp³-hybridized carbons (Fsp3) is 0.647. The highest BCUT2D eigenvalue weighted by atomic mass is 14.4. The molecule has 0 saturated heterocycles. The van der Waals surface area contributed by atoms with E-state index in [0.717, 1.165) is 11.8 Å². The molecule has 0 radical (unpaired) electrons. The van der Waals surface area contributed by atoms with E-state index in [1.807, 2.05) is 0 Å². The van der Waals surface area contributed by atoms with E-state index in [-0.39, 0.29) is 0 Å². The molecule has 2 unspecified atom stereocenters. The van der Waals surface area contributed by atoms with Crippen LogP contribution in [0.15, 0.2) is 34.4 Å². The van der Waals surface area contributed by atoms with Crippen molar-refractivity contribution in [2.75, 3.05) is 0 Å². The summed E-state index contributed by atoms with van der Waals surface area (Å²) in [5.41, 5.74) is 6.30. The first-order chi connectivity index (χ1) is 7.99. The molecule has 0 amide bonds. The molecule has 0 heteroatoms. The molecule has 0 spiro atoms. The predicted octanol–water partition coefficient (Wildman–Crippen LogP) is 5.28. The van der Waals surface area contributed by atoms with Crippen LogP contribution in [0.1, 0.15) is 53.9 Å². The number of rotatable bonds is 2. The molecule has 0 aromatic carbocycles. The van der Waals surface area contributed by atoms with Gasteiger partial charge < -0.3 is 0 Å². The minimum absolute atomic E-state index is 0.671. The van der Waals surface area contributed by atoms with Crippen molar-refractivity contribution in [2.24, 2.45) is 17.8 Å². The standard InChI is InChI=1S/C17H26/c1-11(2)8-16-13(5)17(9-12(3)4)15-7-6-14(16)10-15/h8-9,11,14-15H,6-7,10H2,1-5H3/b16-8-. The molecule has 17 heavy (non-hydrogen) atoms. The highest BCUT2D eigenvalue weighted by molar-refractivity contribution is 5.46. The molecule has 0 aromatic rings. The maximum absolute atomic E-state index is 2.50. The molecule has 1 fully saturated rings. The Balaban J connectivity index is 2.44. The van der Waals surface area contributed by atoms with Crippen LogP contribution in [0, 0.1) is 17.8 Å². The second kappa shape index (κ2) is 4.84. The Morgan fingerprint density at radius 2 is 1.82 bits per heavy atom. The SMILES string of the molecule is CC(C)=CC1=C(C)/C(=C/C(C)C)C2CCC1C2. The van der Waals surface area contributed by atoms with E-state index in [4.69, 9.17) is 0 Å². The summed E-state index contributed by atoms with van der Waals surface area (Å²) < 4.78 is 0. The van der Waals surface area contributed by atoms with E-state index in [9.17, 15) is 0 Å². The summed E-state index contributed by atoms with van der Waals surface area (Å²) >= 11 is 0. The van der Waals surface area contributed by atoms with Crippen molar-refractivity contribution in [3.8, 4) is 0 Å². The zero-order valence-corrected chi connectivity index (χ0v) is 12.0. The summed E-state index contributed by atoms with van der Waals surface area (Å²) in [4.78, 5) is 0. The molecule has 0 heterocycles. The molecule has 2 aliphatic carbocycles. The Labute approximate surface area is 106 Å². The first kappa shape index (κ1) is 12.7. The van der Waals surface area contributed by atoms with Gasteiger partial charge >= 0.3 is 0 Å². The molecule has 1 saturated carbocycles. The lowest BCUT2D eigenvalue weighted by molar-refractivity contribution is 0.566. The van der Waals surface area contributed by atoms with Gasteiger partial charge in [-0.15, -0.1) is 0 Å². The normalized spacial score (nSPS) is 30.4. The van der Waals surface area contributed by atoms with Crippen molar-refractivity contribution in [2.45, 2.75) is 53.9 Å². The molecule has 0 aromatic heterocycles. The van der Waals surface area contributed by atoms with Gasteiger partial charge in [0.05, 0.1) is 0 Å². The predicted molar refractivity (Wildman–Crippen MR) is 75.9 cm³/mol. The fourth-order valence-corrected chi connectivity index (χ4v) is 3.48. The molecule has 2 bridgehead atoms. The van der Waals surface area contributed by atoms with Gasteiger partial charge in [0.15, 0.2) is 0 Å². The lowest BCUT2D eigenvalue weighted by atomic mass is 9.78. The Bertz CT molecular complexity index is 386. The third-order valence-corrected chi connectivity index (χ3v) is 4.14. The molecule has 2 aliphatic rings. The minimum atomic E-state index is 0.671. The van der Waals surface area contributed by atoms with Gasteiger partial charge in [0, 0.05) is 0 Å². The summed E-state index contributed by atoms with van der Waals surface area (Å²) in [5, 5.41) is 0. The lowest BCUT2D eigenvalue weighted by Crippen LogP contribution is -2.13. The number of allylic oxidation sites excluding steroid dienone is 6. The largest absolute Gasteiger partial charge is 0.0782 e. The smallest absolute Gasteiger partial charge is 0.0153 e. The lowest BCUT2D eigenvalue weighted by Gasteiger charge is -2.27. The maximum Gasteiger partial charge on any atom is -0.0153 e. The van der Waals surface area contributed by atoms with Crippen molar-refractivity contribution in [1.82, 2.24) is 0 Å². The molecule has 2 atom stereocenters. The van der Waals surface area contributed by atoms with Crippen LogP contribution in [0.2, 0.25) is 0 Å². The summed E-state index contributed by atoms with van der Waals surface area (Å²) in [6.45, 7) is 11.4. The first-order valence-corrected chi connectivity index (χ1v) is 7.06. The van der Waals surface area contributed by atoms with Gasteiger partial charge in [-0.2, -0.15) is 0 Å². The van der Waals surface area contributed by atoms with Crippen molar-refractivity contribution < 1.29 is 0 Å². The average molecular weight is 230 g/mol. The Morgan fingerprint density at radius 3 is 2.41 bits per heavy atom. The van der Waals surface area contributed by atoms with Gasteiger partial charge in [0.2, 0.25) is 0 Å². The van der Waals surface area contributed by atoms with E-state index in [0.29, 0.717) is 5.92 Å². The topological polar surface area (TPSA) is 0 Å². The van der Waals surface area contributed by atoms with Crippen LogP contribution in [-0.2, 0) is 0 Å². The summed E-state index contributed by atoms with van der Waals surface area (Å²) in [6.07, 6.45) is 9.13. The van der Waals surface area contributed by atoms with Crippen LogP contribution in [-0.4, -0.2) is 0 Å². The summed E-state index contributed by atoms with van der Waals surface area (Å²) in [7, 11) is 0. The van der Waals surface area contributed by atoms with Gasteiger partial charge in [-0.25, -0.2) is 0 Å². The molecule has 2 rings (SSSR count). The minimum Gasteiger partial charge on any atom is -0.0782 e. The highest BCUT2D eigenvalue weighted by Gasteiger charge is 2.35. The van der Waals surface area contributed by atoms with E-state index >= 15 is 0 Å². The highest BCUT2D eigenvalue weighted by Crippen LogP contribution is 2.48. The van der Waals surface area contributed by atoms with Crippen LogP contribution in [0.4, 0.5) is 0 Å².